The minimum Gasteiger partial charge on any atom is -0.545 e. The first-order chi connectivity index (χ1) is 15.3. The van der Waals surface area contributed by atoms with Crippen molar-refractivity contribution in [2.45, 2.75) is 66.2 Å². The maximum absolute atomic E-state index is 10.9. The van der Waals surface area contributed by atoms with Crippen LogP contribution in [0.5, 0.6) is 11.5 Å². The van der Waals surface area contributed by atoms with Crippen molar-refractivity contribution in [3.8, 4) is 11.5 Å². The summed E-state index contributed by atoms with van der Waals surface area (Å²) in [6.07, 6.45) is 6.55. The first kappa shape index (κ1) is 31.6. The third-order valence-corrected chi connectivity index (χ3v) is 5.03. The van der Waals surface area contributed by atoms with Gasteiger partial charge in [-0.3, -0.25) is 0 Å². The van der Waals surface area contributed by atoms with Crippen LogP contribution in [-0.2, 0) is 0 Å². The minimum atomic E-state index is -1.16. The zero-order valence-electron chi connectivity index (χ0n) is 20.6. The van der Waals surface area contributed by atoms with Crippen LogP contribution >= 0.6 is 0 Å². The molecule has 0 fully saturated rings. The van der Waals surface area contributed by atoms with Gasteiger partial charge < -0.3 is 24.5 Å². The largest absolute Gasteiger partial charge is 1.00 e. The second-order valence-corrected chi connectivity index (χ2v) is 7.56. The summed E-state index contributed by atoms with van der Waals surface area (Å²) in [6.45, 7) is 9.06. The zero-order valence-corrected chi connectivity index (χ0v) is 23.7. The molecule has 0 aliphatic rings. The minimum absolute atomic E-state index is 0. The molecule has 7 heteroatoms. The summed E-state index contributed by atoms with van der Waals surface area (Å²) in [4.78, 5) is 21.7. The van der Waals surface area contributed by atoms with Gasteiger partial charge >= 0.3 is 57.4 Å². The molecule has 0 radical (unpaired) electrons. The molecule has 2 aromatic rings. The van der Waals surface area contributed by atoms with Crippen molar-refractivity contribution in [1.82, 2.24) is 0 Å². The van der Waals surface area contributed by atoms with Crippen molar-refractivity contribution in [1.29, 1.82) is 0 Å². The van der Waals surface area contributed by atoms with Crippen LogP contribution in [0.1, 0.15) is 84.2 Å². The van der Waals surface area contributed by atoms with Crippen LogP contribution in [0.4, 0.5) is 0 Å². The smallest absolute Gasteiger partial charge is 0.545 e. The molecular formula is C26H35KO6. The normalized spacial score (nSPS) is 9.82. The van der Waals surface area contributed by atoms with E-state index in [1.165, 1.54) is 6.07 Å². The number of carbonyl (C=O) groups excluding carboxylic acids is 1. The summed E-state index contributed by atoms with van der Waals surface area (Å²) >= 11 is 0. The fraction of sp³-hybridized carbons (Fsp3) is 0.462. The summed E-state index contributed by atoms with van der Waals surface area (Å²) in [5.74, 6) is -0.748. The second-order valence-electron chi connectivity index (χ2n) is 7.56. The molecule has 0 amide bonds. The van der Waals surface area contributed by atoms with Gasteiger partial charge in [0, 0.05) is 16.7 Å². The van der Waals surface area contributed by atoms with Crippen LogP contribution in [0.3, 0.4) is 0 Å². The zero-order chi connectivity index (χ0) is 23.9. The Labute approximate surface area is 240 Å². The number of ether oxygens (including phenoxy) is 2. The number of aromatic carboxylic acids is 2. The van der Waals surface area contributed by atoms with E-state index in [2.05, 4.69) is 13.8 Å². The van der Waals surface area contributed by atoms with Crippen molar-refractivity contribution in [2.24, 2.45) is 0 Å². The summed E-state index contributed by atoms with van der Waals surface area (Å²) < 4.78 is 11.1. The van der Waals surface area contributed by atoms with Gasteiger partial charge in [0.25, 0.3) is 0 Å². The Kier molecular flexibility index (Phi) is 17.3. The predicted molar refractivity (Wildman–Crippen MR) is 124 cm³/mol. The maximum Gasteiger partial charge on any atom is 1.00 e. The number of carboxylic acid groups (broad SMARTS) is 2. The van der Waals surface area contributed by atoms with E-state index in [-0.39, 0.29) is 56.9 Å². The van der Waals surface area contributed by atoms with E-state index in [4.69, 9.17) is 14.6 Å². The molecule has 0 unspecified atom stereocenters. The number of hydrogen-bond acceptors (Lipinski definition) is 5. The van der Waals surface area contributed by atoms with Crippen molar-refractivity contribution in [3.63, 3.8) is 0 Å². The quantitative estimate of drug-likeness (QED) is 0.368. The molecule has 0 heterocycles. The number of benzene rings is 2. The molecule has 0 bridgehead atoms. The molecule has 0 atom stereocenters. The SMILES string of the molecule is CCCCCOc1cccc(C(=O)O)c1C.CCCCCOc1cccc(C(=O)[O-])c1C.[K+]. The predicted octanol–water partition coefficient (Wildman–Crippen LogP) is 2.19. The van der Waals surface area contributed by atoms with Crippen LogP contribution < -0.4 is 66.0 Å². The molecule has 1 N–H and O–H groups in total. The van der Waals surface area contributed by atoms with Gasteiger partial charge in [-0.1, -0.05) is 57.7 Å². The number of carbonyl (C=O) groups is 2. The second kappa shape index (κ2) is 18.0. The van der Waals surface area contributed by atoms with Crippen molar-refractivity contribution in [2.75, 3.05) is 13.2 Å². The number of carboxylic acids is 2. The van der Waals surface area contributed by atoms with Gasteiger partial charge in [0.05, 0.1) is 24.7 Å². The van der Waals surface area contributed by atoms with E-state index in [0.717, 1.165) is 38.5 Å². The van der Waals surface area contributed by atoms with Gasteiger partial charge in [-0.15, -0.1) is 0 Å². The molecule has 176 valence electrons. The van der Waals surface area contributed by atoms with E-state index < -0.39 is 11.9 Å². The molecule has 33 heavy (non-hydrogen) atoms. The van der Waals surface area contributed by atoms with Crippen LogP contribution in [0, 0.1) is 13.8 Å². The summed E-state index contributed by atoms with van der Waals surface area (Å²) in [7, 11) is 0. The summed E-state index contributed by atoms with van der Waals surface area (Å²) in [6, 6.07) is 10.1. The van der Waals surface area contributed by atoms with Gasteiger partial charge in [0.1, 0.15) is 11.5 Å². The van der Waals surface area contributed by atoms with Crippen molar-refractivity contribution in [3.05, 3.63) is 58.7 Å². The van der Waals surface area contributed by atoms with Crippen LogP contribution in [0.15, 0.2) is 36.4 Å². The third kappa shape index (κ3) is 11.5. The van der Waals surface area contributed by atoms with E-state index in [1.54, 1.807) is 38.1 Å². The Morgan fingerprint density at radius 3 is 1.61 bits per heavy atom. The van der Waals surface area contributed by atoms with Gasteiger partial charge in [0.15, 0.2) is 0 Å². The van der Waals surface area contributed by atoms with Gasteiger partial charge in [-0.05, 0) is 44.9 Å². The maximum atomic E-state index is 10.9. The fourth-order valence-electron chi connectivity index (χ4n) is 3.06. The molecule has 6 nitrogen and oxygen atoms in total. The average Bonchev–Trinajstić information content (AvgIpc) is 2.76. The molecule has 2 rings (SSSR count). The molecule has 0 saturated carbocycles. The standard InChI is InChI=1S/2C13H18O3.K/c2*1-3-4-5-9-16-12-8-6-7-11(10(12)2)13(14)15;/h2*6-8H,3-5,9H2,1-2H3,(H,14,15);/q;;+1/p-1. The van der Waals surface area contributed by atoms with Gasteiger partial charge in [-0.2, -0.15) is 0 Å². The summed E-state index contributed by atoms with van der Waals surface area (Å²) in [5.41, 5.74) is 1.85. The van der Waals surface area contributed by atoms with E-state index in [0.29, 0.717) is 41.4 Å². The van der Waals surface area contributed by atoms with Crippen LogP contribution in [-0.4, -0.2) is 30.3 Å². The number of unbranched alkanes of at least 4 members (excludes halogenated alkanes) is 4. The molecule has 0 aromatic heterocycles. The Bertz CT molecular complexity index is 794. The molecule has 2 aromatic carbocycles. The topological polar surface area (TPSA) is 95.9 Å². The Hall–Kier alpha value is -1.38. The fourth-order valence-corrected chi connectivity index (χ4v) is 3.06. The number of rotatable bonds is 12. The molecule has 0 saturated heterocycles. The molecular weight excluding hydrogens is 447 g/mol. The van der Waals surface area contributed by atoms with Gasteiger partial charge in [0.2, 0.25) is 0 Å². The monoisotopic (exact) mass is 482 g/mol. The Morgan fingerprint density at radius 1 is 0.788 bits per heavy atom. The molecule has 0 aliphatic heterocycles. The van der Waals surface area contributed by atoms with E-state index in [1.807, 2.05) is 6.07 Å². The Morgan fingerprint density at radius 2 is 1.21 bits per heavy atom. The van der Waals surface area contributed by atoms with Crippen molar-refractivity contribution >= 4 is 11.9 Å². The first-order valence-electron chi connectivity index (χ1n) is 11.2. The van der Waals surface area contributed by atoms with Crippen molar-refractivity contribution < 1.29 is 80.7 Å². The third-order valence-electron chi connectivity index (χ3n) is 5.03. The first-order valence-corrected chi connectivity index (χ1v) is 11.2. The van der Waals surface area contributed by atoms with Gasteiger partial charge in [-0.25, -0.2) is 4.79 Å². The van der Waals surface area contributed by atoms with Crippen LogP contribution in [0.2, 0.25) is 0 Å². The Balaban J connectivity index is 0.000000602. The van der Waals surface area contributed by atoms with E-state index >= 15 is 0 Å². The van der Waals surface area contributed by atoms with Crippen LogP contribution in [0.25, 0.3) is 0 Å². The molecule has 0 aliphatic carbocycles. The summed E-state index contributed by atoms with van der Waals surface area (Å²) in [5, 5.41) is 19.7. The van der Waals surface area contributed by atoms with E-state index in [9.17, 15) is 14.7 Å². The number of hydrogen-bond donors (Lipinski definition) is 1. The average molecular weight is 483 g/mol. The molecule has 0 spiro atoms.